The third-order valence-electron chi connectivity index (χ3n) is 4.26. The lowest BCUT2D eigenvalue weighted by molar-refractivity contribution is 0.215. The number of benzene rings is 2. The molecule has 0 bridgehead atoms. The van der Waals surface area contributed by atoms with Crippen LogP contribution in [-0.2, 0) is 16.4 Å². The van der Waals surface area contributed by atoms with Gasteiger partial charge in [-0.2, -0.15) is 0 Å². The topological polar surface area (TPSA) is 79.3 Å². The Labute approximate surface area is 167 Å². The summed E-state index contributed by atoms with van der Waals surface area (Å²) in [5, 5.41) is 12.9. The Bertz CT molecular complexity index is 1060. The van der Waals surface area contributed by atoms with Crippen LogP contribution in [0.4, 0.5) is 5.13 Å². The van der Waals surface area contributed by atoms with Crippen LogP contribution >= 0.6 is 22.9 Å². The molecule has 0 aliphatic carbocycles. The fourth-order valence-electron chi connectivity index (χ4n) is 2.79. The standard InChI is InChI=1S/C19H19ClN2O3S2/c1-3-13-7-4-5-8-14(13)18(23)16-11-26-19(21-16)22-27(24,25)17-10-6-9-15(20)12(17)2/h4-11,18,23H,3H2,1-2H3,(H,21,22)/t18-/m0/s1. The number of aromatic nitrogens is 1. The minimum atomic E-state index is -3.82. The lowest BCUT2D eigenvalue weighted by Crippen LogP contribution is -2.14. The molecule has 1 atom stereocenters. The summed E-state index contributed by atoms with van der Waals surface area (Å²) in [6, 6.07) is 12.3. The molecule has 0 aliphatic heterocycles. The summed E-state index contributed by atoms with van der Waals surface area (Å²) in [6.07, 6.45) is -0.131. The first-order valence-electron chi connectivity index (χ1n) is 8.32. The fraction of sp³-hybridized carbons (Fsp3) is 0.211. The van der Waals surface area contributed by atoms with Crippen molar-refractivity contribution in [2.45, 2.75) is 31.3 Å². The molecule has 8 heteroatoms. The van der Waals surface area contributed by atoms with E-state index in [0.29, 0.717) is 16.3 Å². The average molecular weight is 423 g/mol. The van der Waals surface area contributed by atoms with Crippen molar-refractivity contribution in [2.75, 3.05) is 4.72 Å². The van der Waals surface area contributed by atoms with Gasteiger partial charge < -0.3 is 5.11 Å². The van der Waals surface area contributed by atoms with Gasteiger partial charge in [0.2, 0.25) is 0 Å². The van der Waals surface area contributed by atoms with E-state index in [0.717, 1.165) is 28.9 Å². The predicted octanol–water partition coefficient (Wildman–Crippen LogP) is 4.55. The van der Waals surface area contributed by atoms with Crippen LogP contribution in [0.2, 0.25) is 5.02 Å². The molecular formula is C19H19ClN2O3S2. The van der Waals surface area contributed by atoms with E-state index in [4.69, 9.17) is 11.6 Å². The Hall–Kier alpha value is -1.93. The normalized spacial score (nSPS) is 12.7. The summed E-state index contributed by atoms with van der Waals surface area (Å²) in [5.74, 6) is 0. The van der Waals surface area contributed by atoms with E-state index >= 15 is 0 Å². The molecule has 0 saturated heterocycles. The van der Waals surface area contributed by atoms with Gasteiger partial charge in [0.25, 0.3) is 10.0 Å². The van der Waals surface area contributed by atoms with Crippen LogP contribution in [0.25, 0.3) is 0 Å². The zero-order chi connectivity index (χ0) is 19.6. The maximum atomic E-state index is 12.7. The van der Waals surface area contributed by atoms with E-state index < -0.39 is 16.1 Å². The Balaban J connectivity index is 1.87. The van der Waals surface area contributed by atoms with Gasteiger partial charge in [-0.1, -0.05) is 48.9 Å². The molecule has 2 N–H and O–H groups in total. The summed E-state index contributed by atoms with van der Waals surface area (Å²) < 4.78 is 27.8. The number of aliphatic hydroxyl groups is 1. The minimum Gasteiger partial charge on any atom is -0.382 e. The molecule has 0 fully saturated rings. The molecular weight excluding hydrogens is 404 g/mol. The van der Waals surface area contributed by atoms with E-state index in [9.17, 15) is 13.5 Å². The van der Waals surface area contributed by atoms with Gasteiger partial charge >= 0.3 is 0 Å². The van der Waals surface area contributed by atoms with Gasteiger partial charge in [-0.05, 0) is 42.2 Å². The molecule has 0 radical (unpaired) electrons. The van der Waals surface area contributed by atoms with Crippen molar-refractivity contribution in [3.63, 3.8) is 0 Å². The smallest absolute Gasteiger partial charge is 0.263 e. The highest BCUT2D eigenvalue weighted by Crippen LogP contribution is 2.30. The number of anilines is 1. The predicted molar refractivity (Wildman–Crippen MR) is 109 cm³/mol. The SMILES string of the molecule is CCc1ccccc1[C@H](O)c1csc(NS(=O)(=O)c2cccc(Cl)c2C)n1. The van der Waals surface area contributed by atoms with Gasteiger partial charge in [0.1, 0.15) is 6.10 Å². The zero-order valence-corrected chi connectivity index (χ0v) is 17.2. The minimum absolute atomic E-state index is 0.101. The summed E-state index contributed by atoms with van der Waals surface area (Å²) in [7, 11) is -3.82. The molecule has 5 nitrogen and oxygen atoms in total. The average Bonchev–Trinajstić information content (AvgIpc) is 3.10. The van der Waals surface area contributed by atoms with Crippen LogP contribution in [-0.4, -0.2) is 18.5 Å². The molecule has 0 spiro atoms. The van der Waals surface area contributed by atoms with Gasteiger partial charge in [0.05, 0.1) is 10.6 Å². The van der Waals surface area contributed by atoms with Crippen LogP contribution in [0.1, 0.15) is 35.4 Å². The molecule has 3 rings (SSSR count). The van der Waals surface area contributed by atoms with E-state index in [2.05, 4.69) is 9.71 Å². The number of thiazole rings is 1. The Morgan fingerprint density at radius 3 is 2.70 bits per heavy atom. The van der Waals surface area contributed by atoms with Crippen molar-refractivity contribution in [1.82, 2.24) is 4.98 Å². The van der Waals surface area contributed by atoms with E-state index in [1.54, 1.807) is 24.4 Å². The number of halogens is 1. The summed E-state index contributed by atoms with van der Waals surface area (Å²) in [6.45, 7) is 3.66. The molecule has 1 aromatic heterocycles. The third kappa shape index (κ3) is 4.16. The molecule has 0 saturated carbocycles. The van der Waals surface area contributed by atoms with Gasteiger partial charge in [0, 0.05) is 10.4 Å². The lowest BCUT2D eigenvalue weighted by atomic mass is 9.99. The largest absolute Gasteiger partial charge is 0.382 e. The molecule has 0 aliphatic rings. The van der Waals surface area contributed by atoms with Gasteiger partial charge in [0.15, 0.2) is 5.13 Å². The van der Waals surface area contributed by atoms with Crippen LogP contribution in [0.3, 0.4) is 0 Å². The number of rotatable bonds is 6. The van der Waals surface area contributed by atoms with Crippen molar-refractivity contribution in [1.29, 1.82) is 0 Å². The highest BCUT2D eigenvalue weighted by molar-refractivity contribution is 7.93. The van der Waals surface area contributed by atoms with E-state index in [-0.39, 0.29) is 10.0 Å². The van der Waals surface area contributed by atoms with Crippen molar-refractivity contribution >= 4 is 38.1 Å². The summed E-state index contributed by atoms with van der Waals surface area (Å²) in [5.41, 5.74) is 2.67. The molecule has 0 amide bonds. The molecule has 2 aromatic carbocycles. The molecule has 3 aromatic rings. The first-order valence-corrected chi connectivity index (χ1v) is 11.1. The molecule has 27 heavy (non-hydrogen) atoms. The number of aryl methyl sites for hydroxylation is 1. The maximum absolute atomic E-state index is 12.7. The van der Waals surface area contributed by atoms with Crippen molar-refractivity contribution in [3.05, 3.63) is 75.3 Å². The van der Waals surface area contributed by atoms with Crippen molar-refractivity contribution in [3.8, 4) is 0 Å². The molecule has 142 valence electrons. The second-order valence-corrected chi connectivity index (χ2v) is 8.92. The Morgan fingerprint density at radius 1 is 1.22 bits per heavy atom. The number of nitrogens with zero attached hydrogens (tertiary/aromatic N) is 1. The first kappa shape index (κ1) is 19.8. The summed E-state index contributed by atoms with van der Waals surface area (Å²) >= 11 is 7.15. The van der Waals surface area contributed by atoms with Gasteiger partial charge in [-0.3, -0.25) is 4.72 Å². The summed E-state index contributed by atoms with van der Waals surface area (Å²) in [4.78, 5) is 4.37. The number of nitrogens with one attached hydrogen (secondary N) is 1. The third-order valence-corrected chi connectivity index (χ3v) is 7.06. The maximum Gasteiger partial charge on any atom is 0.263 e. The van der Waals surface area contributed by atoms with Gasteiger partial charge in [-0.25, -0.2) is 13.4 Å². The second kappa shape index (κ2) is 7.98. The lowest BCUT2D eigenvalue weighted by Gasteiger charge is -2.13. The highest BCUT2D eigenvalue weighted by Gasteiger charge is 2.22. The van der Waals surface area contributed by atoms with E-state index in [1.165, 1.54) is 6.07 Å². The van der Waals surface area contributed by atoms with Crippen molar-refractivity contribution in [2.24, 2.45) is 0 Å². The monoisotopic (exact) mass is 422 g/mol. The number of sulfonamides is 1. The van der Waals surface area contributed by atoms with Crippen LogP contribution < -0.4 is 4.72 Å². The van der Waals surface area contributed by atoms with Crippen LogP contribution in [0, 0.1) is 6.92 Å². The fourth-order valence-corrected chi connectivity index (χ4v) is 5.27. The highest BCUT2D eigenvalue weighted by atomic mass is 35.5. The first-order chi connectivity index (χ1) is 12.8. The van der Waals surface area contributed by atoms with Crippen LogP contribution in [0.5, 0.6) is 0 Å². The Morgan fingerprint density at radius 2 is 1.96 bits per heavy atom. The van der Waals surface area contributed by atoms with E-state index in [1.807, 2.05) is 31.2 Å². The number of hydrogen-bond donors (Lipinski definition) is 2. The van der Waals surface area contributed by atoms with Crippen LogP contribution in [0.15, 0.2) is 52.7 Å². The number of aliphatic hydroxyl groups excluding tert-OH is 1. The van der Waals surface area contributed by atoms with Gasteiger partial charge in [-0.15, -0.1) is 11.3 Å². The Kier molecular flexibility index (Phi) is 5.86. The second-order valence-electron chi connectivity index (χ2n) is 6.00. The molecule has 0 unspecified atom stereocenters. The molecule has 1 heterocycles. The number of hydrogen-bond acceptors (Lipinski definition) is 5. The zero-order valence-electron chi connectivity index (χ0n) is 14.8. The van der Waals surface area contributed by atoms with Crippen molar-refractivity contribution < 1.29 is 13.5 Å². The quantitative estimate of drug-likeness (QED) is 0.610.